The van der Waals surface area contributed by atoms with E-state index >= 15 is 0 Å². The molecule has 1 rings (SSSR count). The highest BCUT2D eigenvalue weighted by atomic mass is 35.5. The quantitative estimate of drug-likeness (QED) is 0.671. The van der Waals surface area contributed by atoms with Gasteiger partial charge in [-0.25, -0.2) is 4.98 Å². The number of aromatic nitrogens is 2. The predicted molar refractivity (Wildman–Crippen MR) is 46.8 cm³/mol. The van der Waals surface area contributed by atoms with Gasteiger partial charge in [0, 0.05) is 12.7 Å². The minimum Gasteiger partial charge on any atom is -0.333 e. The fourth-order valence-electron chi connectivity index (χ4n) is 1.05. The minimum atomic E-state index is 0.586. The molecule has 0 unspecified atom stereocenters. The number of hydrogen-bond acceptors (Lipinski definition) is 1. The Hall–Kier alpha value is -0.500. The molecule has 0 saturated heterocycles. The van der Waals surface area contributed by atoms with Crippen molar-refractivity contribution in [1.29, 1.82) is 0 Å². The highest BCUT2D eigenvalue weighted by Crippen LogP contribution is 2.09. The molecule has 0 saturated carbocycles. The van der Waals surface area contributed by atoms with Crippen LogP contribution in [0.5, 0.6) is 0 Å². The molecule has 0 aliphatic rings. The first kappa shape index (κ1) is 8.60. The summed E-state index contributed by atoms with van der Waals surface area (Å²) in [4.78, 5) is 4.09. The maximum Gasteiger partial charge on any atom is 0.147 e. The molecule has 1 aromatic rings. The SMILES string of the molecule is Cc1nc(Cl)cn1CC(C)C. The Morgan fingerprint density at radius 2 is 2.27 bits per heavy atom. The van der Waals surface area contributed by atoms with E-state index in [4.69, 9.17) is 11.6 Å². The van der Waals surface area contributed by atoms with Crippen molar-refractivity contribution in [3.05, 3.63) is 17.2 Å². The molecule has 0 N–H and O–H groups in total. The van der Waals surface area contributed by atoms with Crippen LogP contribution in [0.1, 0.15) is 19.7 Å². The van der Waals surface area contributed by atoms with Crippen molar-refractivity contribution in [1.82, 2.24) is 9.55 Å². The fourth-order valence-corrected chi connectivity index (χ4v) is 1.29. The van der Waals surface area contributed by atoms with Crippen LogP contribution in [0.2, 0.25) is 5.15 Å². The average Bonchev–Trinajstić information content (AvgIpc) is 2.09. The molecule has 0 aliphatic carbocycles. The second-order valence-electron chi connectivity index (χ2n) is 3.16. The molecule has 2 nitrogen and oxygen atoms in total. The van der Waals surface area contributed by atoms with E-state index in [1.807, 2.05) is 13.1 Å². The second kappa shape index (κ2) is 3.26. The molecular weight excluding hydrogens is 160 g/mol. The molecule has 0 aromatic carbocycles. The number of imidazole rings is 1. The van der Waals surface area contributed by atoms with E-state index < -0.39 is 0 Å². The van der Waals surface area contributed by atoms with Crippen LogP contribution in [0.4, 0.5) is 0 Å². The summed E-state index contributed by atoms with van der Waals surface area (Å²) < 4.78 is 2.08. The Labute approximate surface area is 72.2 Å². The summed E-state index contributed by atoms with van der Waals surface area (Å²) in [5.41, 5.74) is 0. The second-order valence-corrected chi connectivity index (χ2v) is 3.54. The van der Waals surface area contributed by atoms with Gasteiger partial charge in [-0.3, -0.25) is 0 Å². The van der Waals surface area contributed by atoms with E-state index in [1.54, 1.807) is 0 Å². The summed E-state index contributed by atoms with van der Waals surface area (Å²) in [6, 6.07) is 0. The highest BCUT2D eigenvalue weighted by Gasteiger charge is 2.02. The van der Waals surface area contributed by atoms with E-state index in [0.717, 1.165) is 12.4 Å². The third-order valence-electron chi connectivity index (χ3n) is 1.51. The Bertz CT molecular complexity index is 240. The summed E-state index contributed by atoms with van der Waals surface area (Å²) in [6.45, 7) is 7.31. The Morgan fingerprint density at radius 3 is 2.64 bits per heavy atom. The number of rotatable bonds is 2. The van der Waals surface area contributed by atoms with E-state index in [1.165, 1.54) is 0 Å². The van der Waals surface area contributed by atoms with Crippen LogP contribution in [0, 0.1) is 12.8 Å². The molecule has 0 amide bonds. The van der Waals surface area contributed by atoms with Crippen molar-refractivity contribution in [2.45, 2.75) is 27.3 Å². The molecular formula is C8H13ClN2. The molecule has 0 atom stereocenters. The first-order chi connectivity index (χ1) is 5.09. The fraction of sp³-hybridized carbons (Fsp3) is 0.625. The zero-order valence-electron chi connectivity index (χ0n) is 7.13. The standard InChI is InChI=1S/C8H13ClN2/c1-6(2)4-11-5-8(9)10-7(11)3/h5-6H,4H2,1-3H3. The lowest BCUT2D eigenvalue weighted by Gasteiger charge is -2.06. The van der Waals surface area contributed by atoms with Crippen LogP contribution in [-0.2, 0) is 6.54 Å². The van der Waals surface area contributed by atoms with Crippen molar-refractivity contribution in [3.63, 3.8) is 0 Å². The highest BCUT2D eigenvalue weighted by molar-refractivity contribution is 6.29. The van der Waals surface area contributed by atoms with Gasteiger partial charge in [-0.1, -0.05) is 25.4 Å². The van der Waals surface area contributed by atoms with Gasteiger partial charge in [0.1, 0.15) is 11.0 Å². The van der Waals surface area contributed by atoms with Gasteiger partial charge < -0.3 is 4.57 Å². The first-order valence-corrected chi connectivity index (χ1v) is 4.16. The number of nitrogens with zero attached hydrogens (tertiary/aromatic N) is 2. The van der Waals surface area contributed by atoms with Crippen LogP contribution < -0.4 is 0 Å². The maximum absolute atomic E-state index is 5.72. The van der Waals surface area contributed by atoms with Gasteiger partial charge in [-0.05, 0) is 12.8 Å². The largest absolute Gasteiger partial charge is 0.333 e. The summed E-state index contributed by atoms with van der Waals surface area (Å²) in [5, 5.41) is 0.586. The van der Waals surface area contributed by atoms with Crippen molar-refractivity contribution in [2.75, 3.05) is 0 Å². The van der Waals surface area contributed by atoms with Gasteiger partial charge in [-0.15, -0.1) is 0 Å². The molecule has 62 valence electrons. The molecule has 3 heteroatoms. The molecule has 11 heavy (non-hydrogen) atoms. The third-order valence-corrected chi connectivity index (χ3v) is 1.69. The summed E-state index contributed by atoms with van der Waals surface area (Å²) >= 11 is 5.72. The van der Waals surface area contributed by atoms with Crippen molar-refractivity contribution in [3.8, 4) is 0 Å². The molecule has 0 aliphatic heterocycles. The lowest BCUT2D eigenvalue weighted by Crippen LogP contribution is -2.04. The molecule has 0 spiro atoms. The molecule has 0 radical (unpaired) electrons. The monoisotopic (exact) mass is 172 g/mol. The van der Waals surface area contributed by atoms with Gasteiger partial charge in [-0.2, -0.15) is 0 Å². The van der Waals surface area contributed by atoms with E-state index in [2.05, 4.69) is 23.4 Å². The van der Waals surface area contributed by atoms with Crippen molar-refractivity contribution >= 4 is 11.6 Å². The van der Waals surface area contributed by atoms with Crippen molar-refractivity contribution < 1.29 is 0 Å². The minimum absolute atomic E-state index is 0.586. The lowest BCUT2D eigenvalue weighted by atomic mass is 10.2. The van der Waals surface area contributed by atoms with Gasteiger partial charge in [0.25, 0.3) is 0 Å². The summed E-state index contributed by atoms with van der Waals surface area (Å²) in [5.74, 6) is 1.63. The molecule has 0 fully saturated rings. The summed E-state index contributed by atoms with van der Waals surface area (Å²) in [7, 11) is 0. The van der Waals surface area contributed by atoms with Gasteiger partial charge >= 0.3 is 0 Å². The predicted octanol–water partition coefficient (Wildman–Crippen LogP) is 2.50. The topological polar surface area (TPSA) is 17.8 Å². The van der Waals surface area contributed by atoms with Crippen LogP contribution in [0.15, 0.2) is 6.20 Å². The van der Waals surface area contributed by atoms with Crippen LogP contribution in [-0.4, -0.2) is 9.55 Å². The molecule has 0 bridgehead atoms. The van der Waals surface area contributed by atoms with Crippen LogP contribution in [0.3, 0.4) is 0 Å². The van der Waals surface area contributed by atoms with E-state index in [-0.39, 0.29) is 0 Å². The summed E-state index contributed by atoms with van der Waals surface area (Å²) in [6.07, 6.45) is 1.87. The zero-order valence-corrected chi connectivity index (χ0v) is 7.89. The van der Waals surface area contributed by atoms with E-state index in [0.29, 0.717) is 11.1 Å². The number of hydrogen-bond donors (Lipinski definition) is 0. The van der Waals surface area contributed by atoms with Crippen molar-refractivity contribution in [2.24, 2.45) is 5.92 Å². The van der Waals surface area contributed by atoms with Crippen LogP contribution >= 0.6 is 11.6 Å². The normalized spacial score (nSPS) is 11.0. The van der Waals surface area contributed by atoms with Crippen LogP contribution in [0.25, 0.3) is 0 Å². The Morgan fingerprint density at radius 1 is 1.64 bits per heavy atom. The number of aryl methyl sites for hydroxylation is 1. The number of halogens is 1. The van der Waals surface area contributed by atoms with E-state index in [9.17, 15) is 0 Å². The molecule has 1 aromatic heterocycles. The third kappa shape index (κ3) is 2.22. The Kier molecular flexibility index (Phi) is 2.55. The molecule has 1 heterocycles. The Balaban J connectivity index is 2.77. The zero-order chi connectivity index (χ0) is 8.43. The van der Waals surface area contributed by atoms with Gasteiger partial charge in [0.15, 0.2) is 0 Å². The van der Waals surface area contributed by atoms with Gasteiger partial charge in [0.2, 0.25) is 0 Å². The maximum atomic E-state index is 5.72. The first-order valence-electron chi connectivity index (χ1n) is 3.79. The average molecular weight is 173 g/mol. The lowest BCUT2D eigenvalue weighted by molar-refractivity contribution is 0.514. The van der Waals surface area contributed by atoms with Gasteiger partial charge in [0.05, 0.1) is 0 Å². The smallest absolute Gasteiger partial charge is 0.147 e.